The Kier molecular flexibility index (Phi) is 6.07. The fourth-order valence-corrected chi connectivity index (χ4v) is 5.30. The van der Waals surface area contributed by atoms with Gasteiger partial charge in [0.1, 0.15) is 5.82 Å². The van der Waals surface area contributed by atoms with E-state index in [0.29, 0.717) is 17.8 Å². The molecule has 28 heavy (non-hydrogen) atoms. The predicted octanol–water partition coefficient (Wildman–Crippen LogP) is 3.04. The summed E-state index contributed by atoms with van der Waals surface area (Å²) in [6.45, 7) is 7.98. The summed E-state index contributed by atoms with van der Waals surface area (Å²) in [6, 6.07) is 9.09. The normalized spacial score (nSPS) is 18.2. The van der Waals surface area contributed by atoms with Crippen LogP contribution in [0.1, 0.15) is 48.8 Å². The van der Waals surface area contributed by atoms with E-state index in [4.69, 9.17) is 0 Å². The molecule has 2 heterocycles. The molecule has 1 aliphatic heterocycles. The molecule has 2 aromatic rings. The molecule has 1 saturated heterocycles. The summed E-state index contributed by atoms with van der Waals surface area (Å²) >= 11 is 0. The zero-order valence-corrected chi connectivity index (χ0v) is 17.5. The molecule has 0 radical (unpaired) electrons. The SMILES string of the molecule is CCCN(CC)c1ccc(C(=O)Nc2cc(C)nn2C2CCS(=O)(=O)C2)cc1. The largest absolute Gasteiger partial charge is 0.372 e. The van der Waals surface area contributed by atoms with Crippen molar-refractivity contribution < 1.29 is 13.2 Å². The lowest BCUT2D eigenvalue weighted by atomic mass is 10.1. The van der Waals surface area contributed by atoms with E-state index in [-0.39, 0.29) is 23.5 Å². The third-order valence-corrected chi connectivity index (χ3v) is 6.77. The summed E-state index contributed by atoms with van der Waals surface area (Å²) in [5.41, 5.74) is 2.40. The Bertz CT molecular complexity index is 935. The molecular weight excluding hydrogens is 376 g/mol. The summed E-state index contributed by atoms with van der Waals surface area (Å²) in [5.74, 6) is 0.537. The third-order valence-electron chi connectivity index (χ3n) is 5.02. The summed E-state index contributed by atoms with van der Waals surface area (Å²) in [4.78, 5) is 15.0. The van der Waals surface area contributed by atoms with Gasteiger partial charge in [0.15, 0.2) is 9.84 Å². The number of anilines is 2. The van der Waals surface area contributed by atoms with Gasteiger partial charge < -0.3 is 10.2 Å². The average Bonchev–Trinajstić information content (AvgIpc) is 3.21. The highest BCUT2D eigenvalue weighted by atomic mass is 32.2. The summed E-state index contributed by atoms with van der Waals surface area (Å²) in [5, 5.41) is 7.30. The molecule has 1 aromatic heterocycles. The van der Waals surface area contributed by atoms with Crippen molar-refractivity contribution in [1.29, 1.82) is 0 Å². The monoisotopic (exact) mass is 404 g/mol. The minimum absolute atomic E-state index is 0.0654. The van der Waals surface area contributed by atoms with Crippen molar-refractivity contribution >= 4 is 27.2 Å². The molecule has 1 fully saturated rings. The molecular formula is C20H28N4O3S. The first-order chi connectivity index (χ1) is 13.3. The Labute approximate surface area is 166 Å². The maximum Gasteiger partial charge on any atom is 0.256 e. The van der Waals surface area contributed by atoms with E-state index < -0.39 is 9.84 Å². The number of benzene rings is 1. The van der Waals surface area contributed by atoms with Crippen molar-refractivity contribution in [3.63, 3.8) is 0 Å². The van der Waals surface area contributed by atoms with Crippen LogP contribution in [0.15, 0.2) is 30.3 Å². The highest BCUT2D eigenvalue weighted by molar-refractivity contribution is 7.91. The molecule has 7 nitrogen and oxygen atoms in total. The van der Waals surface area contributed by atoms with Gasteiger partial charge in [-0.1, -0.05) is 6.92 Å². The smallest absolute Gasteiger partial charge is 0.256 e. The Hall–Kier alpha value is -2.35. The Morgan fingerprint density at radius 2 is 2.00 bits per heavy atom. The quantitative estimate of drug-likeness (QED) is 0.767. The highest BCUT2D eigenvalue weighted by Gasteiger charge is 2.31. The molecule has 1 amide bonds. The van der Waals surface area contributed by atoms with Crippen molar-refractivity contribution in [3.8, 4) is 0 Å². The molecule has 1 aliphatic rings. The zero-order chi connectivity index (χ0) is 20.3. The number of hydrogen-bond acceptors (Lipinski definition) is 5. The first kappa shape index (κ1) is 20.4. The standard InChI is InChI=1S/C20H28N4O3S/c1-4-11-23(5-2)17-8-6-16(7-9-17)20(25)21-19-13-15(3)22-24(19)18-10-12-28(26,27)14-18/h6-9,13,18H,4-5,10-12,14H2,1-3H3,(H,21,25). The van der Waals surface area contributed by atoms with E-state index in [9.17, 15) is 13.2 Å². The van der Waals surface area contributed by atoms with E-state index in [1.54, 1.807) is 10.7 Å². The Morgan fingerprint density at radius 3 is 2.57 bits per heavy atom. The Balaban J connectivity index is 1.75. The van der Waals surface area contributed by atoms with Crippen LogP contribution in [0, 0.1) is 6.92 Å². The summed E-state index contributed by atoms with van der Waals surface area (Å²) in [7, 11) is -3.03. The number of nitrogens with zero attached hydrogens (tertiary/aromatic N) is 3. The topological polar surface area (TPSA) is 84.3 Å². The molecule has 3 rings (SSSR count). The fraction of sp³-hybridized carbons (Fsp3) is 0.500. The number of sulfone groups is 1. The van der Waals surface area contributed by atoms with Crippen LogP contribution in [0.2, 0.25) is 0 Å². The lowest BCUT2D eigenvalue weighted by molar-refractivity contribution is 0.102. The van der Waals surface area contributed by atoms with E-state index in [0.717, 1.165) is 30.9 Å². The van der Waals surface area contributed by atoms with Crippen LogP contribution in [0.25, 0.3) is 0 Å². The maximum atomic E-state index is 12.7. The first-order valence-electron chi connectivity index (χ1n) is 9.76. The lowest BCUT2D eigenvalue weighted by Gasteiger charge is -2.22. The fourth-order valence-electron chi connectivity index (χ4n) is 3.61. The first-order valence-corrected chi connectivity index (χ1v) is 11.6. The third kappa shape index (κ3) is 4.55. The molecule has 1 atom stereocenters. The zero-order valence-electron chi connectivity index (χ0n) is 16.7. The number of carbonyl (C=O) groups excluding carboxylic acids is 1. The van der Waals surface area contributed by atoms with Gasteiger partial charge in [-0.3, -0.25) is 4.79 Å². The van der Waals surface area contributed by atoms with Gasteiger partial charge in [-0.15, -0.1) is 0 Å². The van der Waals surface area contributed by atoms with Gasteiger partial charge in [0, 0.05) is 30.4 Å². The van der Waals surface area contributed by atoms with Gasteiger partial charge in [-0.2, -0.15) is 5.10 Å². The van der Waals surface area contributed by atoms with E-state index in [1.807, 2.05) is 31.2 Å². The minimum Gasteiger partial charge on any atom is -0.372 e. The van der Waals surface area contributed by atoms with Gasteiger partial charge in [0.25, 0.3) is 5.91 Å². The van der Waals surface area contributed by atoms with Crippen LogP contribution < -0.4 is 10.2 Å². The van der Waals surface area contributed by atoms with Gasteiger partial charge >= 0.3 is 0 Å². The number of aryl methyl sites for hydroxylation is 1. The number of rotatable bonds is 7. The Morgan fingerprint density at radius 1 is 1.29 bits per heavy atom. The minimum atomic E-state index is -3.03. The van der Waals surface area contributed by atoms with Gasteiger partial charge in [-0.05, 0) is 51.0 Å². The van der Waals surface area contributed by atoms with Crippen molar-refractivity contribution in [3.05, 3.63) is 41.6 Å². The second-order valence-electron chi connectivity index (χ2n) is 7.25. The predicted molar refractivity (Wildman–Crippen MR) is 112 cm³/mol. The second kappa shape index (κ2) is 8.34. The van der Waals surface area contributed by atoms with Crippen molar-refractivity contribution in [2.45, 2.75) is 39.7 Å². The number of amides is 1. The molecule has 0 saturated carbocycles. The molecule has 1 aromatic carbocycles. The second-order valence-corrected chi connectivity index (χ2v) is 9.48. The molecule has 1 N–H and O–H groups in total. The van der Waals surface area contributed by atoms with Crippen molar-refractivity contribution in [2.75, 3.05) is 34.8 Å². The van der Waals surface area contributed by atoms with Crippen LogP contribution in [0.5, 0.6) is 0 Å². The van der Waals surface area contributed by atoms with Crippen molar-refractivity contribution in [1.82, 2.24) is 9.78 Å². The number of nitrogens with one attached hydrogen (secondary N) is 1. The van der Waals surface area contributed by atoms with Crippen LogP contribution in [0.3, 0.4) is 0 Å². The highest BCUT2D eigenvalue weighted by Crippen LogP contribution is 2.27. The molecule has 8 heteroatoms. The average molecular weight is 405 g/mol. The van der Waals surface area contributed by atoms with Crippen LogP contribution >= 0.6 is 0 Å². The molecule has 0 aliphatic carbocycles. The van der Waals surface area contributed by atoms with Gasteiger partial charge in [0.2, 0.25) is 0 Å². The van der Waals surface area contributed by atoms with Crippen molar-refractivity contribution in [2.24, 2.45) is 0 Å². The van der Waals surface area contributed by atoms with Crippen LogP contribution in [-0.4, -0.2) is 48.7 Å². The van der Waals surface area contributed by atoms with E-state index in [2.05, 4.69) is 29.2 Å². The summed E-state index contributed by atoms with van der Waals surface area (Å²) in [6.07, 6.45) is 1.58. The molecule has 1 unspecified atom stereocenters. The molecule has 0 bridgehead atoms. The molecule has 152 valence electrons. The number of carbonyl (C=O) groups is 1. The maximum absolute atomic E-state index is 12.7. The summed E-state index contributed by atoms with van der Waals surface area (Å²) < 4.78 is 25.2. The van der Waals surface area contributed by atoms with Gasteiger partial charge in [-0.25, -0.2) is 13.1 Å². The van der Waals surface area contributed by atoms with Gasteiger partial charge in [0.05, 0.1) is 23.2 Å². The molecule has 0 spiro atoms. The number of aromatic nitrogens is 2. The lowest BCUT2D eigenvalue weighted by Crippen LogP contribution is -2.23. The van der Waals surface area contributed by atoms with Crippen LogP contribution in [-0.2, 0) is 9.84 Å². The van der Waals surface area contributed by atoms with E-state index in [1.165, 1.54) is 0 Å². The van der Waals surface area contributed by atoms with E-state index >= 15 is 0 Å². The van der Waals surface area contributed by atoms with Crippen LogP contribution in [0.4, 0.5) is 11.5 Å². The number of hydrogen-bond donors (Lipinski definition) is 1.